The van der Waals surface area contributed by atoms with Gasteiger partial charge in [-0.3, -0.25) is 4.90 Å². The second kappa shape index (κ2) is 6.46. The summed E-state index contributed by atoms with van der Waals surface area (Å²) in [5.41, 5.74) is 8.06. The second-order valence-corrected chi connectivity index (χ2v) is 5.36. The van der Waals surface area contributed by atoms with Crippen molar-refractivity contribution >= 4 is 0 Å². The van der Waals surface area contributed by atoms with Crippen LogP contribution in [0.2, 0.25) is 0 Å². The average molecular weight is 266 g/mol. The molecule has 1 heterocycles. The number of ether oxygens (including phenoxy) is 1. The number of nitrogens with two attached hydrogens (primary N) is 1. The van der Waals surface area contributed by atoms with Gasteiger partial charge in [0.15, 0.2) is 0 Å². The molecule has 106 valence electrons. The third-order valence-electron chi connectivity index (χ3n) is 3.97. The van der Waals surface area contributed by atoms with Crippen LogP contribution in [-0.2, 0) is 4.74 Å². The number of nitrogens with zero attached hydrogens (tertiary/aromatic N) is 1. The second-order valence-electron chi connectivity index (χ2n) is 5.36. The summed E-state index contributed by atoms with van der Waals surface area (Å²) in [7, 11) is 1.74. The van der Waals surface area contributed by atoms with E-state index in [-0.39, 0.29) is 11.9 Å². The first-order chi connectivity index (χ1) is 9.15. The van der Waals surface area contributed by atoms with Gasteiger partial charge in [0, 0.05) is 26.2 Å². The van der Waals surface area contributed by atoms with Crippen LogP contribution in [0.15, 0.2) is 18.2 Å². The van der Waals surface area contributed by atoms with Crippen molar-refractivity contribution < 1.29 is 9.13 Å². The summed E-state index contributed by atoms with van der Waals surface area (Å²) < 4.78 is 18.4. The maximum absolute atomic E-state index is 13.2. The monoisotopic (exact) mass is 266 g/mol. The molecule has 2 N–H and O–H groups in total. The Morgan fingerprint density at radius 3 is 2.95 bits per heavy atom. The first-order valence-electron chi connectivity index (χ1n) is 6.84. The van der Waals surface area contributed by atoms with Crippen LogP contribution in [0.5, 0.6) is 0 Å². The fraction of sp³-hybridized carbons (Fsp3) is 0.600. The Labute approximate surface area is 114 Å². The van der Waals surface area contributed by atoms with E-state index in [0.717, 1.165) is 37.2 Å². The van der Waals surface area contributed by atoms with Crippen LogP contribution in [0.4, 0.5) is 4.39 Å². The minimum atomic E-state index is -0.185. The Bertz CT molecular complexity index is 425. The van der Waals surface area contributed by atoms with E-state index in [1.54, 1.807) is 13.2 Å². The van der Waals surface area contributed by atoms with Gasteiger partial charge < -0.3 is 10.5 Å². The predicted molar refractivity (Wildman–Crippen MR) is 74.5 cm³/mol. The van der Waals surface area contributed by atoms with Crippen LogP contribution in [0, 0.1) is 18.7 Å². The quantitative estimate of drug-likeness (QED) is 0.887. The SMILES string of the molecule is COCC1CCN(C(CN)c2ccc(F)cc2C)C1. The fourth-order valence-electron chi connectivity index (χ4n) is 3.00. The molecule has 0 saturated carbocycles. The van der Waals surface area contributed by atoms with Crippen LogP contribution >= 0.6 is 0 Å². The zero-order chi connectivity index (χ0) is 13.8. The van der Waals surface area contributed by atoms with E-state index in [9.17, 15) is 4.39 Å². The highest BCUT2D eigenvalue weighted by Gasteiger charge is 2.29. The van der Waals surface area contributed by atoms with E-state index < -0.39 is 0 Å². The molecule has 3 nitrogen and oxygen atoms in total. The Balaban J connectivity index is 2.12. The Hall–Kier alpha value is -0.970. The van der Waals surface area contributed by atoms with Gasteiger partial charge in [0.05, 0.1) is 6.61 Å². The lowest BCUT2D eigenvalue weighted by molar-refractivity contribution is 0.147. The summed E-state index contributed by atoms with van der Waals surface area (Å²) in [4.78, 5) is 2.39. The molecule has 1 fully saturated rings. The van der Waals surface area contributed by atoms with E-state index >= 15 is 0 Å². The molecule has 0 radical (unpaired) electrons. The highest BCUT2D eigenvalue weighted by molar-refractivity contribution is 5.30. The first-order valence-corrected chi connectivity index (χ1v) is 6.84. The molecule has 19 heavy (non-hydrogen) atoms. The van der Waals surface area contributed by atoms with Crippen LogP contribution in [-0.4, -0.2) is 38.3 Å². The van der Waals surface area contributed by atoms with Crippen molar-refractivity contribution in [2.24, 2.45) is 11.7 Å². The highest BCUT2D eigenvalue weighted by atomic mass is 19.1. The number of hydrogen-bond donors (Lipinski definition) is 1. The molecular formula is C15H23FN2O. The number of methoxy groups -OCH3 is 1. The number of halogens is 1. The van der Waals surface area contributed by atoms with Gasteiger partial charge in [-0.2, -0.15) is 0 Å². The van der Waals surface area contributed by atoms with Crippen molar-refractivity contribution in [3.63, 3.8) is 0 Å². The molecule has 0 aliphatic carbocycles. The maximum Gasteiger partial charge on any atom is 0.123 e. The molecule has 1 saturated heterocycles. The van der Waals surface area contributed by atoms with Gasteiger partial charge in [0.2, 0.25) is 0 Å². The number of likely N-dealkylation sites (tertiary alicyclic amines) is 1. The Kier molecular flexibility index (Phi) is 4.91. The number of benzene rings is 1. The summed E-state index contributed by atoms with van der Waals surface area (Å²) >= 11 is 0. The Morgan fingerprint density at radius 2 is 2.32 bits per heavy atom. The van der Waals surface area contributed by atoms with Crippen LogP contribution in [0.1, 0.15) is 23.6 Å². The molecule has 2 atom stereocenters. The van der Waals surface area contributed by atoms with Gasteiger partial charge in [0.1, 0.15) is 5.82 Å². The van der Waals surface area contributed by atoms with Crippen molar-refractivity contribution in [3.8, 4) is 0 Å². The lowest BCUT2D eigenvalue weighted by Gasteiger charge is -2.28. The van der Waals surface area contributed by atoms with E-state index in [1.807, 2.05) is 13.0 Å². The van der Waals surface area contributed by atoms with Crippen molar-refractivity contribution in [3.05, 3.63) is 35.1 Å². The van der Waals surface area contributed by atoms with Crippen molar-refractivity contribution in [1.82, 2.24) is 4.90 Å². The average Bonchev–Trinajstić information content (AvgIpc) is 2.82. The molecule has 0 bridgehead atoms. The summed E-state index contributed by atoms with van der Waals surface area (Å²) in [6.45, 7) is 5.35. The van der Waals surface area contributed by atoms with Gasteiger partial charge in [-0.05, 0) is 49.1 Å². The standard InChI is InChI=1S/C15H23FN2O/c1-11-7-13(16)3-4-14(11)15(8-17)18-6-5-12(9-18)10-19-2/h3-4,7,12,15H,5-6,8-10,17H2,1-2H3. The molecule has 2 unspecified atom stereocenters. The van der Waals surface area contributed by atoms with Crippen molar-refractivity contribution in [2.45, 2.75) is 19.4 Å². The zero-order valence-corrected chi connectivity index (χ0v) is 11.7. The largest absolute Gasteiger partial charge is 0.384 e. The zero-order valence-electron chi connectivity index (χ0n) is 11.7. The van der Waals surface area contributed by atoms with E-state index in [2.05, 4.69) is 4.90 Å². The molecule has 1 aliphatic rings. The first kappa shape index (κ1) is 14.4. The number of hydrogen-bond acceptors (Lipinski definition) is 3. The van der Waals surface area contributed by atoms with Gasteiger partial charge >= 0.3 is 0 Å². The minimum Gasteiger partial charge on any atom is -0.384 e. The molecule has 1 aromatic carbocycles. The number of aryl methyl sites for hydroxylation is 1. The van der Waals surface area contributed by atoms with Gasteiger partial charge in [-0.25, -0.2) is 4.39 Å². The van der Waals surface area contributed by atoms with Gasteiger partial charge in [-0.15, -0.1) is 0 Å². The van der Waals surface area contributed by atoms with Gasteiger partial charge in [0.25, 0.3) is 0 Å². The summed E-state index contributed by atoms with van der Waals surface area (Å²) in [5, 5.41) is 0. The predicted octanol–water partition coefficient (Wildman–Crippen LogP) is 2.10. The van der Waals surface area contributed by atoms with Crippen LogP contribution < -0.4 is 5.73 Å². The van der Waals surface area contributed by atoms with E-state index in [4.69, 9.17) is 10.5 Å². The molecule has 1 aliphatic heterocycles. The van der Waals surface area contributed by atoms with Crippen molar-refractivity contribution in [2.75, 3.05) is 33.4 Å². The topological polar surface area (TPSA) is 38.5 Å². The third kappa shape index (κ3) is 3.32. The summed E-state index contributed by atoms with van der Waals surface area (Å²) in [5.74, 6) is 0.399. The summed E-state index contributed by atoms with van der Waals surface area (Å²) in [6.07, 6.45) is 1.14. The molecule has 4 heteroatoms. The lowest BCUT2D eigenvalue weighted by Crippen LogP contribution is -2.33. The number of rotatable bonds is 5. The smallest absolute Gasteiger partial charge is 0.123 e. The van der Waals surface area contributed by atoms with Crippen molar-refractivity contribution in [1.29, 1.82) is 0 Å². The van der Waals surface area contributed by atoms with E-state index in [1.165, 1.54) is 6.07 Å². The summed E-state index contributed by atoms with van der Waals surface area (Å²) in [6, 6.07) is 5.16. The van der Waals surface area contributed by atoms with Crippen LogP contribution in [0.25, 0.3) is 0 Å². The maximum atomic E-state index is 13.2. The highest BCUT2D eigenvalue weighted by Crippen LogP contribution is 2.29. The molecule has 0 amide bonds. The third-order valence-corrected chi connectivity index (χ3v) is 3.97. The fourth-order valence-corrected chi connectivity index (χ4v) is 3.00. The molecular weight excluding hydrogens is 243 g/mol. The minimum absolute atomic E-state index is 0.183. The van der Waals surface area contributed by atoms with E-state index in [0.29, 0.717) is 12.5 Å². The molecule has 0 aromatic heterocycles. The molecule has 1 aromatic rings. The molecule has 0 spiro atoms. The normalized spacial score (nSPS) is 21.8. The van der Waals surface area contributed by atoms with Gasteiger partial charge in [-0.1, -0.05) is 6.07 Å². The lowest BCUT2D eigenvalue weighted by atomic mass is 10.00. The van der Waals surface area contributed by atoms with Crippen LogP contribution in [0.3, 0.4) is 0 Å². The Morgan fingerprint density at radius 1 is 1.53 bits per heavy atom. The molecule has 2 rings (SSSR count).